The van der Waals surface area contributed by atoms with E-state index in [1.54, 1.807) is 20.1 Å². The number of hydrogen-bond donors (Lipinski definition) is 3. The third kappa shape index (κ3) is 6.69. The minimum Gasteiger partial charge on any atom is -0.385 e. The molecule has 6 nitrogen and oxygen atoms in total. The molecule has 0 aliphatic carbocycles. The van der Waals surface area contributed by atoms with Crippen LogP contribution in [0.3, 0.4) is 0 Å². The Hall–Kier alpha value is -1.92. The van der Waals surface area contributed by atoms with Crippen LogP contribution in [0, 0.1) is 6.92 Å². The van der Waals surface area contributed by atoms with Gasteiger partial charge in [0, 0.05) is 31.5 Å². The van der Waals surface area contributed by atoms with Gasteiger partial charge in [0.25, 0.3) is 0 Å². The molecule has 0 radical (unpaired) electrons. The molecule has 6 heteroatoms. The second-order valence-corrected chi connectivity index (χ2v) is 5.00. The predicted octanol–water partition coefficient (Wildman–Crippen LogP) is 1.91. The van der Waals surface area contributed by atoms with E-state index >= 15 is 0 Å². The molecule has 2 amide bonds. The quantitative estimate of drug-likeness (QED) is 0.609. The van der Waals surface area contributed by atoms with Gasteiger partial charge in [-0.25, -0.2) is 0 Å². The molecule has 0 aliphatic rings. The molecular weight excluding hydrogens is 282 g/mol. The molecule has 1 rings (SSSR count). The lowest BCUT2D eigenvalue weighted by Gasteiger charge is -2.11. The average molecular weight is 307 g/mol. The number of carbonyl (C=O) groups is 2. The number of anilines is 2. The summed E-state index contributed by atoms with van der Waals surface area (Å²) in [4.78, 5) is 23.3. The number of benzene rings is 1. The predicted molar refractivity (Wildman–Crippen MR) is 88.1 cm³/mol. The maximum atomic E-state index is 11.8. The summed E-state index contributed by atoms with van der Waals surface area (Å²) in [5.41, 5.74) is 2.34. The van der Waals surface area contributed by atoms with Gasteiger partial charge in [-0.3, -0.25) is 9.59 Å². The minimum atomic E-state index is -0.117. The van der Waals surface area contributed by atoms with Crippen molar-refractivity contribution in [3.8, 4) is 0 Å². The summed E-state index contributed by atoms with van der Waals surface area (Å²) in [6.07, 6.45) is 1.28. The first-order valence-corrected chi connectivity index (χ1v) is 7.46. The Kier molecular flexibility index (Phi) is 8.17. The van der Waals surface area contributed by atoms with Crippen molar-refractivity contribution in [1.82, 2.24) is 5.32 Å². The number of nitrogens with one attached hydrogen (secondary N) is 3. The Bertz CT molecular complexity index is 503. The second kappa shape index (κ2) is 9.92. The van der Waals surface area contributed by atoms with Crippen molar-refractivity contribution >= 4 is 23.2 Å². The van der Waals surface area contributed by atoms with Crippen LogP contribution in [0.2, 0.25) is 0 Å². The van der Waals surface area contributed by atoms with E-state index in [4.69, 9.17) is 4.74 Å². The van der Waals surface area contributed by atoms with Gasteiger partial charge >= 0.3 is 0 Å². The Morgan fingerprint density at radius 3 is 2.64 bits per heavy atom. The highest BCUT2D eigenvalue weighted by Crippen LogP contribution is 2.20. The van der Waals surface area contributed by atoms with Crippen LogP contribution in [0.4, 0.5) is 11.4 Å². The highest BCUT2D eigenvalue weighted by molar-refractivity contribution is 5.95. The van der Waals surface area contributed by atoms with Crippen molar-refractivity contribution in [2.24, 2.45) is 0 Å². The van der Waals surface area contributed by atoms with Crippen molar-refractivity contribution in [1.29, 1.82) is 0 Å². The summed E-state index contributed by atoms with van der Waals surface area (Å²) in [5.74, 6) is -0.166. The van der Waals surface area contributed by atoms with E-state index in [0.29, 0.717) is 18.7 Å². The van der Waals surface area contributed by atoms with Crippen LogP contribution in [0.25, 0.3) is 0 Å². The van der Waals surface area contributed by atoms with Crippen LogP contribution in [0.5, 0.6) is 0 Å². The summed E-state index contributed by atoms with van der Waals surface area (Å²) in [5, 5.41) is 8.67. The zero-order valence-corrected chi connectivity index (χ0v) is 13.5. The Morgan fingerprint density at radius 1 is 1.18 bits per heavy atom. The van der Waals surface area contributed by atoms with Gasteiger partial charge in [0.15, 0.2) is 0 Å². The SMILES string of the molecule is CCC(=O)Nc1cc(NC(=O)CNCCCOC)ccc1C. The fourth-order valence-corrected chi connectivity index (χ4v) is 1.82. The second-order valence-electron chi connectivity index (χ2n) is 5.00. The van der Waals surface area contributed by atoms with Crippen molar-refractivity contribution in [3.05, 3.63) is 23.8 Å². The van der Waals surface area contributed by atoms with Crippen molar-refractivity contribution in [2.45, 2.75) is 26.7 Å². The summed E-state index contributed by atoms with van der Waals surface area (Å²) < 4.78 is 4.93. The standard InChI is InChI=1S/C16H25N3O3/c1-4-15(20)19-14-10-13(7-6-12(14)2)18-16(21)11-17-8-5-9-22-3/h6-7,10,17H,4-5,8-9,11H2,1-3H3,(H,18,21)(H,19,20). The summed E-state index contributed by atoms with van der Waals surface area (Å²) in [7, 11) is 1.65. The molecule has 22 heavy (non-hydrogen) atoms. The molecule has 1 aromatic rings. The van der Waals surface area contributed by atoms with E-state index in [-0.39, 0.29) is 18.4 Å². The third-order valence-electron chi connectivity index (χ3n) is 3.10. The maximum absolute atomic E-state index is 11.8. The summed E-state index contributed by atoms with van der Waals surface area (Å²) >= 11 is 0. The number of hydrogen-bond acceptors (Lipinski definition) is 4. The first-order valence-electron chi connectivity index (χ1n) is 7.46. The van der Waals surface area contributed by atoms with E-state index in [1.165, 1.54) is 0 Å². The first kappa shape index (κ1) is 18.1. The smallest absolute Gasteiger partial charge is 0.238 e. The molecule has 1 aromatic carbocycles. The number of aryl methyl sites for hydroxylation is 1. The van der Waals surface area contributed by atoms with E-state index < -0.39 is 0 Å². The van der Waals surface area contributed by atoms with Crippen LogP contribution in [0.15, 0.2) is 18.2 Å². The fraction of sp³-hybridized carbons (Fsp3) is 0.500. The molecule has 0 unspecified atom stereocenters. The van der Waals surface area contributed by atoms with Gasteiger partial charge in [-0.05, 0) is 37.6 Å². The van der Waals surface area contributed by atoms with E-state index in [9.17, 15) is 9.59 Å². The molecule has 0 aromatic heterocycles. The summed E-state index contributed by atoms with van der Waals surface area (Å²) in [6.45, 7) is 5.36. The number of amides is 2. The minimum absolute atomic E-state index is 0.0496. The van der Waals surface area contributed by atoms with E-state index in [2.05, 4.69) is 16.0 Å². The van der Waals surface area contributed by atoms with Gasteiger partial charge < -0.3 is 20.7 Å². The molecule has 0 atom stereocenters. The molecular formula is C16H25N3O3. The van der Waals surface area contributed by atoms with Crippen LogP contribution in [-0.2, 0) is 14.3 Å². The zero-order chi connectivity index (χ0) is 16.4. The normalized spacial score (nSPS) is 10.3. The monoisotopic (exact) mass is 307 g/mol. The Labute approximate surface area is 131 Å². The number of rotatable bonds is 9. The molecule has 0 spiro atoms. The van der Waals surface area contributed by atoms with Crippen molar-refractivity contribution < 1.29 is 14.3 Å². The number of methoxy groups -OCH3 is 1. The van der Waals surface area contributed by atoms with Gasteiger partial charge in [0.2, 0.25) is 11.8 Å². The largest absolute Gasteiger partial charge is 0.385 e. The average Bonchev–Trinajstić information content (AvgIpc) is 2.50. The number of carbonyl (C=O) groups excluding carboxylic acids is 2. The maximum Gasteiger partial charge on any atom is 0.238 e. The van der Waals surface area contributed by atoms with E-state index in [1.807, 2.05) is 19.1 Å². The van der Waals surface area contributed by atoms with Gasteiger partial charge in [0.1, 0.15) is 0 Å². The first-order chi connectivity index (χ1) is 10.6. The van der Waals surface area contributed by atoms with Crippen LogP contribution in [0.1, 0.15) is 25.3 Å². The van der Waals surface area contributed by atoms with Crippen molar-refractivity contribution in [2.75, 3.05) is 37.4 Å². The van der Waals surface area contributed by atoms with Crippen LogP contribution in [-0.4, -0.2) is 38.6 Å². The van der Waals surface area contributed by atoms with Gasteiger partial charge in [0.05, 0.1) is 6.54 Å². The highest BCUT2D eigenvalue weighted by atomic mass is 16.5. The molecule has 0 saturated heterocycles. The summed E-state index contributed by atoms with van der Waals surface area (Å²) in [6, 6.07) is 5.46. The lowest BCUT2D eigenvalue weighted by Crippen LogP contribution is -2.29. The molecule has 3 N–H and O–H groups in total. The molecule has 0 aliphatic heterocycles. The van der Waals surface area contributed by atoms with E-state index in [0.717, 1.165) is 24.2 Å². The van der Waals surface area contributed by atoms with Crippen LogP contribution >= 0.6 is 0 Å². The van der Waals surface area contributed by atoms with Crippen molar-refractivity contribution in [3.63, 3.8) is 0 Å². The van der Waals surface area contributed by atoms with Crippen LogP contribution < -0.4 is 16.0 Å². The molecule has 122 valence electrons. The highest BCUT2D eigenvalue weighted by Gasteiger charge is 2.06. The molecule has 0 fully saturated rings. The van der Waals surface area contributed by atoms with Gasteiger partial charge in [-0.2, -0.15) is 0 Å². The lowest BCUT2D eigenvalue weighted by atomic mass is 10.1. The van der Waals surface area contributed by atoms with Gasteiger partial charge in [-0.15, -0.1) is 0 Å². The molecule has 0 bridgehead atoms. The molecule has 0 heterocycles. The topological polar surface area (TPSA) is 79.5 Å². The fourth-order valence-electron chi connectivity index (χ4n) is 1.82. The number of ether oxygens (including phenoxy) is 1. The zero-order valence-electron chi connectivity index (χ0n) is 13.5. The lowest BCUT2D eigenvalue weighted by molar-refractivity contribution is -0.116. The Balaban J connectivity index is 2.49. The third-order valence-corrected chi connectivity index (χ3v) is 3.10. The Morgan fingerprint density at radius 2 is 1.95 bits per heavy atom. The van der Waals surface area contributed by atoms with Gasteiger partial charge in [-0.1, -0.05) is 13.0 Å². The molecule has 0 saturated carbocycles.